The van der Waals surface area contributed by atoms with E-state index in [0.717, 1.165) is 24.3 Å². The number of piperidine rings is 1. The third-order valence-corrected chi connectivity index (χ3v) is 6.41. The minimum Gasteiger partial charge on any atom is -0.506 e. The maximum Gasteiger partial charge on any atom is 0.345 e. The van der Waals surface area contributed by atoms with Crippen LogP contribution in [0.15, 0.2) is 16.9 Å². The number of halogens is 1. The molecule has 2 aliphatic carbocycles. The summed E-state index contributed by atoms with van der Waals surface area (Å²) in [5, 5.41) is 19.6. The Bertz CT molecular complexity index is 1070. The highest BCUT2D eigenvalue weighted by atomic mass is 19.1. The molecule has 3 aliphatic rings. The zero-order valence-electron chi connectivity index (χ0n) is 15.0. The van der Waals surface area contributed by atoms with E-state index in [2.05, 4.69) is 9.88 Å². The molecule has 1 aromatic heterocycles. The fraction of sp³-hybridized carbons (Fsp3) is 0.400. The minimum atomic E-state index is -1.51. The summed E-state index contributed by atoms with van der Waals surface area (Å²) in [7, 11) is 0. The van der Waals surface area contributed by atoms with Crippen LogP contribution in [0.4, 0.5) is 10.1 Å². The molecule has 0 unspecified atom stereocenters. The highest BCUT2D eigenvalue weighted by molar-refractivity contribution is 5.92. The van der Waals surface area contributed by atoms with Crippen molar-refractivity contribution in [1.82, 2.24) is 4.98 Å². The molecule has 2 aromatic rings. The van der Waals surface area contributed by atoms with E-state index >= 15 is 4.39 Å². The van der Waals surface area contributed by atoms with Crippen molar-refractivity contribution in [3.63, 3.8) is 0 Å². The van der Waals surface area contributed by atoms with Crippen molar-refractivity contribution in [2.75, 3.05) is 18.0 Å². The summed E-state index contributed by atoms with van der Waals surface area (Å²) in [6.45, 7) is 1.64. The van der Waals surface area contributed by atoms with Gasteiger partial charge < -0.3 is 25.8 Å². The summed E-state index contributed by atoms with van der Waals surface area (Å²) in [6.07, 6.45) is 1.53. The Labute approximate surface area is 159 Å². The molecule has 0 amide bonds. The van der Waals surface area contributed by atoms with Crippen molar-refractivity contribution < 1.29 is 19.4 Å². The summed E-state index contributed by atoms with van der Waals surface area (Å²) < 4.78 is 15.2. The maximum absolute atomic E-state index is 15.2. The van der Waals surface area contributed by atoms with E-state index in [1.165, 1.54) is 6.07 Å². The van der Waals surface area contributed by atoms with Gasteiger partial charge in [-0.2, -0.15) is 0 Å². The summed E-state index contributed by atoms with van der Waals surface area (Å²) in [4.78, 5) is 28.1. The van der Waals surface area contributed by atoms with Crippen LogP contribution in [0.1, 0.15) is 27.9 Å². The number of aryl methyl sites for hydroxylation is 1. The standard InChI is InChI=1S/C20H20FN3O4/c21-13-5-9(24-6-11-12(7-24)16(11)22)4-8-2-1-3-10-17(14(8)13)23-19(26)15(18(10)25)20(27)28/h4-5,11-12,16H,1-3,6-7,22H2,(H,27,28)(H2,23,25,26)/t11-,12+,16+. The van der Waals surface area contributed by atoms with Gasteiger partial charge in [0, 0.05) is 35.9 Å². The number of nitrogens with one attached hydrogen (secondary N) is 1. The van der Waals surface area contributed by atoms with Gasteiger partial charge in [0.15, 0.2) is 5.56 Å². The van der Waals surface area contributed by atoms with Crippen LogP contribution in [0.5, 0.6) is 5.75 Å². The number of hydrogen-bond donors (Lipinski definition) is 4. The van der Waals surface area contributed by atoms with Crippen molar-refractivity contribution in [3.8, 4) is 17.0 Å². The number of aromatic hydroxyl groups is 1. The summed E-state index contributed by atoms with van der Waals surface area (Å²) in [5.41, 5.74) is 6.58. The average Bonchev–Trinajstić information content (AvgIpc) is 3.06. The number of fused-ring (bicyclic) bond motifs is 4. The molecule has 1 aliphatic heterocycles. The normalized spacial score (nSPS) is 24.9. The first-order valence-electron chi connectivity index (χ1n) is 9.41. The number of carbonyl (C=O) groups is 1. The first-order valence-corrected chi connectivity index (χ1v) is 9.41. The van der Waals surface area contributed by atoms with Crippen LogP contribution >= 0.6 is 0 Å². The quantitative estimate of drug-likeness (QED) is 0.621. The Kier molecular flexibility index (Phi) is 3.58. The Morgan fingerprint density at radius 3 is 2.64 bits per heavy atom. The van der Waals surface area contributed by atoms with Crippen LogP contribution in [0.2, 0.25) is 0 Å². The van der Waals surface area contributed by atoms with Gasteiger partial charge in [0.25, 0.3) is 5.56 Å². The number of aromatic nitrogens is 1. The molecule has 3 atom stereocenters. The van der Waals surface area contributed by atoms with Crippen LogP contribution in [0.25, 0.3) is 11.3 Å². The van der Waals surface area contributed by atoms with E-state index in [1.54, 1.807) is 0 Å². The zero-order chi connectivity index (χ0) is 19.7. The topological polar surface area (TPSA) is 120 Å². The molecular formula is C20H20FN3O4. The lowest BCUT2D eigenvalue weighted by molar-refractivity contribution is 0.0691. The molecule has 8 heteroatoms. The molecule has 5 N–H and O–H groups in total. The molecule has 2 fully saturated rings. The van der Waals surface area contributed by atoms with Gasteiger partial charge in [-0.1, -0.05) is 0 Å². The van der Waals surface area contributed by atoms with E-state index in [-0.39, 0.29) is 22.9 Å². The van der Waals surface area contributed by atoms with E-state index in [0.29, 0.717) is 31.1 Å². The smallest absolute Gasteiger partial charge is 0.345 e. The Hall–Kier alpha value is -2.87. The molecule has 0 spiro atoms. The molecule has 1 saturated heterocycles. The second-order valence-corrected chi connectivity index (χ2v) is 7.96. The molecule has 7 nitrogen and oxygen atoms in total. The Morgan fingerprint density at radius 1 is 1.25 bits per heavy atom. The molecule has 146 valence electrons. The summed E-state index contributed by atoms with van der Waals surface area (Å²) >= 11 is 0. The predicted octanol–water partition coefficient (Wildman–Crippen LogP) is 1.47. The number of aromatic amines is 1. The SMILES string of the molecule is N[C@@H]1[C@H]2CN(c3cc(F)c4c(c3)CCCc3c-4[nH]c(=O)c(C(=O)O)c3O)C[C@@H]12. The number of anilines is 1. The number of rotatable bonds is 2. The number of nitrogens with two attached hydrogens (primary N) is 1. The monoisotopic (exact) mass is 385 g/mol. The molecule has 2 heterocycles. The average molecular weight is 385 g/mol. The van der Waals surface area contributed by atoms with Crippen molar-refractivity contribution in [3.05, 3.63) is 45.0 Å². The van der Waals surface area contributed by atoms with E-state index < -0.39 is 28.7 Å². The second-order valence-electron chi connectivity index (χ2n) is 7.96. The van der Waals surface area contributed by atoms with Crippen LogP contribution in [0.3, 0.4) is 0 Å². The Balaban J connectivity index is 1.63. The number of nitrogens with zero attached hydrogens (tertiary/aromatic N) is 1. The number of hydrogen-bond acceptors (Lipinski definition) is 5. The van der Waals surface area contributed by atoms with Crippen molar-refractivity contribution in [1.29, 1.82) is 0 Å². The number of aromatic carboxylic acids is 1. The largest absolute Gasteiger partial charge is 0.506 e. The third kappa shape index (κ3) is 2.37. The lowest BCUT2D eigenvalue weighted by Gasteiger charge is -2.23. The minimum absolute atomic E-state index is 0.176. The first kappa shape index (κ1) is 17.2. The van der Waals surface area contributed by atoms with Gasteiger partial charge >= 0.3 is 5.97 Å². The van der Waals surface area contributed by atoms with Gasteiger partial charge in [0.05, 0.1) is 5.69 Å². The third-order valence-electron chi connectivity index (χ3n) is 6.41. The van der Waals surface area contributed by atoms with Crippen LogP contribution in [0, 0.1) is 17.7 Å². The predicted molar refractivity (Wildman–Crippen MR) is 100 cm³/mol. The van der Waals surface area contributed by atoms with Crippen molar-refractivity contribution in [2.45, 2.75) is 25.3 Å². The van der Waals surface area contributed by atoms with Gasteiger partial charge in [-0.25, -0.2) is 9.18 Å². The van der Waals surface area contributed by atoms with Crippen LogP contribution in [-0.4, -0.2) is 40.3 Å². The van der Waals surface area contributed by atoms with Crippen LogP contribution < -0.4 is 16.2 Å². The number of carboxylic acids is 1. The molecule has 5 rings (SSSR count). The van der Waals surface area contributed by atoms with Gasteiger partial charge in [-0.05, 0) is 48.8 Å². The molecule has 0 radical (unpaired) electrons. The van der Waals surface area contributed by atoms with Crippen LogP contribution in [-0.2, 0) is 12.8 Å². The molecule has 28 heavy (non-hydrogen) atoms. The van der Waals surface area contributed by atoms with Crippen molar-refractivity contribution >= 4 is 11.7 Å². The van der Waals surface area contributed by atoms with Gasteiger partial charge in [-0.15, -0.1) is 0 Å². The molecule has 1 aromatic carbocycles. The number of pyridine rings is 1. The van der Waals surface area contributed by atoms with Crippen molar-refractivity contribution in [2.24, 2.45) is 17.6 Å². The van der Waals surface area contributed by atoms with E-state index in [4.69, 9.17) is 5.73 Å². The Morgan fingerprint density at radius 2 is 1.96 bits per heavy atom. The number of benzene rings is 1. The van der Waals surface area contributed by atoms with Gasteiger partial charge in [-0.3, -0.25) is 4.79 Å². The second kappa shape index (κ2) is 5.81. The fourth-order valence-corrected chi connectivity index (χ4v) is 4.83. The number of carboxylic acid groups (broad SMARTS) is 1. The maximum atomic E-state index is 15.2. The van der Waals surface area contributed by atoms with E-state index in [9.17, 15) is 19.8 Å². The van der Waals surface area contributed by atoms with E-state index in [1.807, 2.05) is 6.07 Å². The molecule has 0 bridgehead atoms. The fourth-order valence-electron chi connectivity index (χ4n) is 4.83. The zero-order valence-corrected chi connectivity index (χ0v) is 15.0. The number of H-pyrrole nitrogens is 1. The van der Waals surface area contributed by atoms with Gasteiger partial charge in [0.1, 0.15) is 11.6 Å². The molecule has 1 saturated carbocycles. The molecular weight excluding hydrogens is 365 g/mol. The summed E-state index contributed by atoms with van der Waals surface area (Å²) in [5.74, 6) is -1.61. The highest BCUT2D eigenvalue weighted by Gasteiger charge is 2.53. The summed E-state index contributed by atoms with van der Waals surface area (Å²) in [6, 6.07) is 3.64. The highest BCUT2D eigenvalue weighted by Crippen LogP contribution is 2.46. The lowest BCUT2D eigenvalue weighted by atomic mass is 9.98. The lowest BCUT2D eigenvalue weighted by Crippen LogP contribution is -2.28. The van der Waals surface area contributed by atoms with Gasteiger partial charge in [0.2, 0.25) is 0 Å². The first-order chi connectivity index (χ1) is 13.4.